The number of ether oxygens (including phenoxy) is 1. The molecule has 8 heteroatoms. The van der Waals surface area contributed by atoms with E-state index in [9.17, 15) is 9.59 Å². The number of hydrogen-bond donors (Lipinski definition) is 1. The predicted molar refractivity (Wildman–Crippen MR) is 97.0 cm³/mol. The van der Waals surface area contributed by atoms with Crippen molar-refractivity contribution in [3.05, 3.63) is 17.0 Å². The second-order valence-electron chi connectivity index (χ2n) is 7.06. The molecule has 0 spiro atoms. The molecule has 1 fully saturated rings. The first kappa shape index (κ1) is 18.8. The molecule has 0 radical (unpaired) electrons. The molecule has 0 aromatic carbocycles. The van der Waals surface area contributed by atoms with Gasteiger partial charge in [-0.15, -0.1) is 0 Å². The summed E-state index contributed by atoms with van der Waals surface area (Å²) in [5, 5.41) is 7.26. The van der Waals surface area contributed by atoms with E-state index in [0.717, 1.165) is 24.2 Å². The summed E-state index contributed by atoms with van der Waals surface area (Å²) in [4.78, 5) is 28.6. The van der Waals surface area contributed by atoms with Crippen LogP contribution in [0, 0.1) is 0 Å². The normalized spacial score (nSPS) is 23.6. The first-order valence-corrected chi connectivity index (χ1v) is 9.41. The minimum atomic E-state index is -0.0489. The van der Waals surface area contributed by atoms with Crippen molar-refractivity contribution in [1.82, 2.24) is 24.9 Å². The fourth-order valence-corrected chi connectivity index (χ4v) is 3.87. The lowest BCUT2D eigenvalue weighted by atomic mass is 9.99. The first-order chi connectivity index (χ1) is 12.4. The summed E-state index contributed by atoms with van der Waals surface area (Å²) in [5.41, 5.74) is 2.65. The van der Waals surface area contributed by atoms with Crippen LogP contribution in [0.2, 0.25) is 0 Å². The number of carbonyl (C=O) groups excluding carboxylic acids is 2. The van der Waals surface area contributed by atoms with Gasteiger partial charge < -0.3 is 15.0 Å². The Kier molecular flexibility index (Phi) is 5.62. The molecule has 0 unspecified atom stereocenters. The molecule has 1 saturated heterocycles. The third-order valence-electron chi connectivity index (χ3n) is 5.21. The quantitative estimate of drug-likeness (QED) is 0.839. The van der Waals surface area contributed by atoms with Gasteiger partial charge in [-0.25, -0.2) is 0 Å². The fourth-order valence-electron chi connectivity index (χ4n) is 3.87. The van der Waals surface area contributed by atoms with E-state index < -0.39 is 0 Å². The Morgan fingerprint density at radius 2 is 1.92 bits per heavy atom. The third-order valence-corrected chi connectivity index (χ3v) is 5.21. The molecule has 26 heavy (non-hydrogen) atoms. The Labute approximate surface area is 154 Å². The summed E-state index contributed by atoms with van der Waals surface area (Å²) >= 11 is 0. The van der Waals surface area contributed by atoms with Gasteiger partial charge in [0.1, 0.15) is 0 Å². The molecule has 1 N–H and O–H groups in total. The van der Waals surface area contributed by atoms with E-state index in [1.807, 2.05) is 30.4 Å². The summed E-state index contributed by atoms with van der Waals surface area (Å²) < 4.78 is 7.83. The van der Waals surface area contributed by atoms with Crippen LogP contribution in [0.1, 0.15) is 48.6 Å². The molecule has 0 saturated carbocycles. The molecule has 2 atom stereocenters. The van der Waals surface area contributed by atoms with E-state index in [4.69, 9.17) is 4.74 Å². The minimum Gasteiger partial charge on any atom is -0.369 e. The number of fused-ring (bicyclic) bond motifs is 1. The van der Waals surface area contributed by atoms with Crippen LogP contribution >= 0.6 is 0 Å². The van der Waals surface area contributed by atoms with Crippen LogP contribution in [-0.2, 0) is 22.5 Å². The lowest BCUT2D eigenvalue weighted by Crippen LogP contribution is -2.51. The van der Waals surface area contributed by atoms with Crippen molar-refractivity contribution in [2.75, 3.05) is 39.8 Å². The molecule has 144 valence electrons. The van der Waals surface area contributed by atoms with Gasteiger partial charge >= 0.3 is 0 Å². The average Bonchev–Trinajstić information content (AvgIpc) is 3.00. The molecular weight excluding hydrogens is 334 g/mol. The number of rotatable bonds is 4. The van der Waals surface area contributed by atoms with Crippen LogP contribution in [0.25, 0.3) is 0 Å². The molecular formula is C18H29N5O3. The van der Waals surface area contributed by atoms with Crippen molar-refractivity contribution in [2.24, 2.45) is 0 Å². The lowest BCUT2D eigenvalue weighted by molar-refractivity contribution is -0.122. The molecule has 0 aliphatic carbocycles. The second kappa shape index (κ2) is 7.75. The summed E-state index contributed by atoms with van der Waals surface area (Å²) in [6.07, 6.45) is 0.757. The third kappa shape index (κ3) is 3.61. The zero-order valence-corrected chi connectivity index (χ0v) is 16.1. The highest BCUT2D eigenvalue weighted by atomic mass is 16.5. The van der Waals surface area contributed by atoms with Crippen LogP contribution in [-0.4, -0.2) is 77.3 Å². The summed E-state index contributed by atoms with van der Waals surface area (Å²) in [6.45, 7) is 9.82. The van der Waals surface area contributed by atoms with Crippen LogP contribution in [0.5, 0.6) is 0 Å². The van der Waals surface area contributed by atoms with Crippen molar-refractivity contribution in [2.45, 2.75) is 45.9 Å². The number of likely N-dealkylation sites (N-methyl/N-ethyl adjacent to an activating group) is 1. The molecule has 1 aromatic rings. The van der Waals surface area contributed by atoms with E-state index in [2.05, 4.69) is 15.3 Å². The van der Waals surface area contributed by atoms with Gasteiger partial charge in [0.25, 0.3) is 5.91 Å². The van der Waals surface area contributed by atoms with Crippen molar-refractivity contribution < 1.29 is 14.3 Å². The first-order valence-electron chi connectivity index (χ1n) is 9.41. The van der Waals surface area contributed by atoms with Crippen LogP contribution in [0.15, 0.2) is 0 Å². The molecule has 0 bridgehead atoms. The predicted octanol–water partition coefficient (Wildman–Crippen LogP) is 0.429. The molecule has 3 rings (SSSR count). The number of aromatic nitrogens is 2. The second-order valence-corrected chi connectivity index (χ2v) is 7.06. The van der Waals surface area contributed by atoms with Crippen LogP contribution in [0.4, 0.5) is 0 Å². The number of nitrogens with zero attached hydrogens (tertiary/aromatic N) is 4. The Hall–Kier alpha value is -1.93. The van der Waals surface area contributed by atoms with E-state index >= 15 is 0 Å². The Bertz CT molecular complexity index is 679. The average molecular weight is 363 g/mol. The maximum Gasteiger partial charge on any atom is 0.274 e. The van der Waals surface area contributed by atoms with Gasteiger partial charge in [-0.3, -0.25) is 19.2 Å². The number of hydrogen-bond acceptors (Lipinski definition) is 5. The monoisotopic (exact) mass is 363 g/mol. The Balaban J connectivity index is 1.74. The van der Waals surface area contributed by atoms with Crippen molar-refractivity contribution >= 4 is 11.8 Å². The van der Waals surface area contributed by atoms with Crippen molar-refractivity contribution in [3.8, 4) is 0 Å². The SMILES string of the molecule is CCn1nc(C(=O)N2CCN(CC(=O)NC)CC2)c2c1[C@H](C)O[C@H](C)C2. The highest BCUT2D eigenvalue weighted by Gasteiger charge is 2.34. The van der Waals surface area contributed by atoms with Gasteiger partial charge in [-0.2, -0.15) is 5.10 Å². The Morgan fingerprint density at radius 3 is 2.54 bits per heavy atom. The largest absolute Gasteiger partial charge is 0.369 e. The number of piperazine rings is 1. The van der Waals surface area contributed by atoms with Gasteiger partial charge in [0.15, 0.2) is 5.69 Å². The number of nitrogens with one attached hydrogen (secondary N) is 1. The maximum absolute atomic E-state index is 13.1. The smallest absolute Gasteiger partial charge is 0.274 e. The summed E-state index contributed by atoms with van der Waals surface area (Å²) in [5.74, 6) is -0.00199. The summed E-state index contributed by atoms with van der Waals surface area (Å²) in [6, 6.07) is 0. The molecule has 2 aliphatic heterocycles. The zero-order chi connectivity index (χ0) is 18.8. The maximum atomic E-state index is 13.1. The fraction of sp³-hybridized carbons (Fsp3) is 0.722. The molecule has 3 heterocycles. The number of carbonyl (C=O) groups is 2. The standard InChI is InChI=1S/C18H29N5O3/c1-5-23-17-13(3)26-12(2)10-14(17)16(20-23)18(25)22-8-6-21(7-9-22)11-15(24)19-4/h12-13H,5-11H2,1-4H3,(H,19,24)/t12-,13+/m1/s1. The Morgan fingerprint density at radius 1 is 1.23 bits per heavy atom. The zero-order valence-electron chi connectivity index (χ0n) is 16.1. The van der Waals surface area contributed by atoms with Gasteiger partial charge in [0.2, 0.25) is 5.91 Å². The summed E-state index contributed by atoms with van der Waals surface area (Å²) in [7, 11) is 1.64. The number of aryl methyl sites for hydroxylation is 1. The lowest BCUT2D eigenvalue weighted by Gasteiger charge is -2.34. The van der Waals surface area contributed by atoms with E-state index in [1.54, 1.807) is 7.05 Å². The molecule has 2 amide bonds. The topological polar surface area (TPSA) is 79.7 Å². The van der Waals surface area contributed by atoms with Gasteiger partial charge in [-0.05, 0) is 20.8 Å². The van der Waals surface area contributed by atoms with E-state index in [0.29, 0.717) is 38.4 Å². The van der Waals surface area contributed by atoms with Crippen LogP contribution < -0.4 is 5.32 Å². The van der Waals surface area contributed by atoms with Crippen LogP contribution in [0.3, 0.4) is 0 Å². The molecule has 1 aromatic heterocycles. The van der Waals surface area contributed by atoms with Crippen molar-refractivity contribution in [3.63, 3.8) is 0 Å². The molecule has 2 aliphatic rings. The minimum absolute atomic E-state index is 0.00325. The highest BCUT2D eigenvalue weighted by Crippen LogP contribution is 2.32. The van der Waals surface area contributed by atoms with E-state index in [1.165, 1.54) is 0 Å². The highest BCUT2D eigenvalue weighted by molar-refractivity contribution is 5.94. The van der Waals surface area contributed by atoms with Gasteiger partial charge in [-0.1, -0.05) is 0 Å². The van der Waals surface area contributed by atoms with Gasteiger partial charge in [0.05, 0.1) is 24.4 Å². The number of amides is 2. The van der Waals surface area contributed by atoms with Crippen molar-refractivity contribution in [1.29, 1.82) is 0 Å². The van der Waals surface area contributed by atoms with E-state index in [-0.39, 0.29) is 24.0 Å². The van der Waals surface area contributed by atoms with Gasteiger partial charge in [0, 0.05) is 51.8 Å². The molecule has 8 nitrogen and oxygen atoms in total.